The first-order chi connectivity index (χ1) is 10.1. The number of benzene rings is 1. The van der Waals surface area contributed by atoms with Crippen LogP contribution in [0, 0.1) is 11.7 Å². The quantitative estimate of drug-likeness (QED) is 0.832. The SMILES string of the molecule is NC(c1ccc(Br)c(F)c1)C1CCOC2(CCCCC2)C1. The monoisotopic (exact) mass is 355 g/mol. The van der Waals surface area contributed by atoms with Crippen molar-refractivity contribution in [1.29, 1.82) is 0 Å². The van der Waals surface area contributed by atoms with Crippen LogP contribution in [0.25, 0.3) is 0 Å². The fraction of sp³-hybridized carbons (Fsp3) is 0.647. The molecule has 1 heterocycles. The van der Waals surface area contributed by atoms with Gasteiger partial charge < -0.3 is 10.5 Å². The van der Waals surface area contributed by atoms with Crippen LogP contribution in [0.3, 0.4) is 0 Å². The molecular formula is C17H23BrFNO. The maximum atomic E-state index is 13.7. The first kappa shape index (κ1) is 15.4. The molecule has 3 rings (SSSR count). The van der Waals surface area contributed by atoms with Gasteiger partial charge in [-0.05, 0) is 65.2 Å². The lowest BCUT2D eigenvalue weighted by Gasteiger charge is -2.45. The molecule has 2 nitrogen and oxygen atoms in total. The molecule has 0 bridgehead atoms. The lowest BCUT2D eigenvalue weighted by Crippen LogP contribution is -2.44. The third-order valence-electron chi connectivity index (χ3n) is 5.13. The minimum atomic E-state index is -0.234. The van der Waals surface area contributed by atoms with E-state index < -0.39 is 0 Å². The van der Waals surface area contributed by atoms with Gasteiger partial charge in [0, 0.05) is 12.6 Å². The van der Waals surface area contributed by atoms with Crippen LogP contribution >= 0.6 is 15.9 Å². The normalized spacial score (nSPS) is 26.7. The van der Waals surface area contributed by atoms with Crippen LogP contribution in [0.1, 0.15) is 56.6 Å². The Balaban J connectivity index is 1.74. The maximum Gasteiger partial charge on any atom is 0.137 e. The van der Waals surface area contributed by atoms with Crippen molar-refractivity contribution in [2.45, 2.75) is 56.6 Å². The first-order valence-corrected chi connectivity index (χ1v) is 8.73. The van der Waals surface area contributed by atoms with E-state index in [-0.39, 0.29) is 17.5 Å². The van der Waals surface area contributed by atoms with Crippen molar-refractivity contribution < 1.29 is 9.13 Å². The van der Waals surface area contributed by atoms with Gasteiger partial charge in [0.2, 0.25) is 0 Å². The van der Waals surface area contributed by atoms with E-state index >= 15 is 0 Å². The van der Waals surface area contributed by atoms with Crippen molar-refractivity contribution in [3.05, 3.63) is 34.1 Å². The van der Waals surface area contributed by atoms with E-state index in [1.807, 2.05) is 6.07 Å². The first-order valence-electron chi connectivity index (χ1n) is 7.94. The number of hydrogen-bond acceptors (Lipinski definition) is 2. The van der Waals surface area contributed by atoms with Crippen LogP contribution in [0.2, 0.25) is 0 Å². The Morgan fingerprint density at radius 3 is 2.76 bits per heavy atom. The van der Waals surface area contributed by atoms with Crippen molar-refractivity contribution in [2.24, 2.45) is 11.7 Å². The molecule has 1 aromatic rings. The van der Waals surface area contributed by atoms with E-state index in [1.165, 1.54) is 19.3 Å². The van der Waals surface area contributed by atoms with Gasteiger partial charge in [0.05, 0.1) is 10.1 Å². The number of rotatable bonds is 2. The molecule has 1 aliphatic carbocycles. The lowest BCUT2D eigenvalue weighted by molar-refractivity contribution is -0.120. The van der Waals surface area contributed by atoms with Crippen molar-refractivity contribution in [1.82, 2.24) is 0 Å². The minimum Gasteiger partial charge on any atom is -0.375 e. The molecular weight excluding hydrogens is 333 g/mol. The van der Waals surface area contributed by atoms with E-state index in [1.54, 1.807) is 12.1 Å². The van der Waals surface area contributed by atoms with Gasteiger partial charge in [-0.15, -0.1) is 0 Å². The van der Waals surface area contributed by atoms with E-state index in [0.717, 1.165) is 37.9 Å². The molecule has 2 N–H and O–H groups in total. The van der Waals surface area contributed by atoms with E-state index in [9.17, 15) is 4.39 Å². The largest absolute Gasteiger partial charge is 0.375 e. The third kappa shape index (κ3) is 3.33. The molecule has 2 atom stereocenters. The van der Waals surface area contributed by atoms with Gasteiger partial charge in [-0.2, -0.15) is 0 Å². The van der Waals surface area contributed by atoms with Gasteiger partial charge in [0.25, 0.3) is 0 Å². The summed E-state index contributed by atoms with van der Waals surface area (Å²) in [7, 11) is 0. The van der Waals surface area contributed by atoms with Gasteiger partial charge in [0.15, 0.2) is 0 Å². The van der Waals surface area contributed by atoms with E-state index in [4.69, 9.17) is 10.5 Å². The summed E-state index contributed by atoms with van der Waals surface area (Å²) < 4.78 is 20.4. The standard InChI is InChI=1S/C17H23BrFNO/c18-14-5-4-12(10-15(14)19)16(20)13-6-9-21-17(11-13)7-2-1-3-8-17/h4-5,10,13,16H,1-3,6-9,11,20H2. The molecule has 0 radical (unpaired) electrons. The van der Waals surface area contributed by atoms with Crippen LogP contribution in [0.4, 0.5) is 4.39 Å². The minimum absolute atomic E-state index is 0.0483. The fourth-order valence-corrected chi connectivity index (χ4v) is 4.16. The van der Waals surface area contributed by atoms with Crippen LogP contribution in [-0.4, -0.2) is 12.2 Å². The Bertz CT molecular complexity index is 496. The Kier molecular flexibility index (Phi) is 4.67. The Morgan fingerprint density at radius 1 is 1.29 bits per heavy atom. The summed E-state index contributed by atoms with van der Waals surface area (Å²) in [4.78, 5) is 0. The summed E-state index contributed by atoms with van der Waals surface area (Å²) in [5, 5.41) is 0. The average Bonchev–Trinajstić information content (AvgIpc) is 2.50. The van der Waals surface area contributed by atoms with Gasteiger partial charge in [-0.25, -0.2) is 4.39 Å². The maximum absolute atomic E-state index is 13.7. The molecule has 1 aromatic carbocycles. The van der Waals surface area contributed by atoms with Gasteiger partial charge in [0.1, 0.15) is 5.82 Å². The molecule has 1 spiro atoms. The zero-order chi connectivity index (χ0) is 14.9. The Labute approximate surface area is 134 Å². The second kappa shape index (κ2) is 6.35. The average molecular weight is 356 g/mol. The predicted octanol–water partition coefficient (Wildman–Crippen LogP) is 4.72. The summed E-state index contributed by atoms with van der Waals surface area (Å²) >= 11 is 3.20. The van der Waals surface area contributed by atoms with Crippen LogP contribution in [-0.2, 0) is 4.74 Å². The number of nitrogens with two attached hydrogens (primary N) is 1. The highest BCUT2D eigenvalue weighted by Gasteiger charge is 2.40. The molecule has 2 aliphatic rings. The van der Waals surface area contributed by atoms with Crippen LogP contribution < -0.4 is 5.73 Å². The molecule has 1 aliphatic heterocycles. The topological polar surface area (TPSA) is 35.2 Å². The molecule has 1 saturated carbocycles. The third-order valence-corrected chi connectivity index (χ3v) is 5.78. The van der Waals surface area contributed by atoms with Crippen molar-refractivity contribution in [3.8, 4) is 0 Å². The molecule has 1 saturated heterocycles. The second-order valence-electron chi connectivity index (χ2n) is 6.54. The molecule has 21 heavy (non-hydrogen) atoms. The molecule has 0 amide bonds. The second-order valence-corrected chi connectivity index (χ2v) is 7.40. The highest BCUT2D eigenvalue weighted by Crippen LogP contribution is 2.43. The van der Waals surface area contributed by atoms with Crippen LogP contribution in [0.5, 0.6) is 0 Å². The van der Waals surface area contributed by atoms with Gasteiger partial charge >= 0.3 is 0 Å². The molecule has 0 aromatic heterocycles. The predicted molar refractivity (Wildman–Crippen MR) is 85.5 cm³/mol. The highest BCUT2D eigenvalue weighted by atomic mass is 79.9. The summed E-state index contributed by atoms with van der Waals surface area (Å²) in [6.45, 7) is 0.789. The van der Waals surface area contributed by atoms with Crippen molar-refractivity contribution in [2.75, 3.05) is 6.61 Å². The van der Waals surface area contributed by atoms with Crippen molar-refractivity contribution >= 4 is 15.9 Å². The Morgan fingerprint density at radius 2 is 2.05 bits per heavy atom. The summed E-state index contributed by atoms with van der Waals surface area (Å²) in [5.41, 5.74) is 7.39. The molecule has 116 valence electrons. The number of halogens is 2. The fourth-order valence-electron chi connectivity index (χ4n) is 3.91. The van der Waals surface area contributed by atoms with Gasteiger partial charge in [-0.1, -0.05) is 25.3 Å². The molecule has 2 fully saturated rings. The smallest absolute Gasteiger partial charge is 0.137 e. The number of ether oxygens (including phenoxy) is 1. The highest BCUT2D eigenvalue weighted by molar-refractivity contribution is 9.10. The van der Waals surface area contributed by atoms with E-state index in [2.05, 4.69) is 15.9 Å². The summed E-state index contributed by atoms with van der Waals surface area (Å²) in [6, 6.07) is 5.15. The van der Waals surface area contributed by atoms with Crippen molar-refractivity contribution in [3.63, 3.8) is 0 Å². The van der Waals surface area contributed by atoms with Gasteiger partial charge in [-0.3, -0.25) is 0 Å². The zero-order valence-electron chi connectivity index (χ0n) is 12.3. The van der Waals surface area contributed by atoms with E-state index in [0.29, 0.717) is 10.4 Å². The van der Waals surface area contributed by atoms with Crippen LogP contribution in [0.15, 0.2) is 22.7 Å². The summed E-state index contributed by atoms with van der Waals surface area (Å²) in [5.74, 6) is 0.153. The number of hydrogen-bond donors (Lipinski definition) is 1. The molecule has 4 heteroatoms. The molecule has 2 unspecified atom stereocenters. The summed E-state index contributed by atoms with van der Waals surface area (Å²) in [6.07, 6.45) is 8.14. The Hall–Kier alpha value is -0.450. The zero-order valence-corrected chi connectivity index (χ0v) is 13.9. The lowest BCUT2D eigenvalue weighted by atomic mass is 9.73.